The normalized spacial score (nSPS) is 10.5. The molecule has 0 amide bonds. The summed E-state index contributed by atoms with van der Waals surface area (Å²) >= 11 is 0.987. The molecule has 0 spiro atoms. The molecule has 26 heavy (non-hydrogen) atoms. The fourth-order valence-electron chi connectivity index (χ4n) is 2.13. The van der Waals surface area contributed by atoms with Gasteiger partial charge in [-0.15, -0.1) is 5.11 Å². The summed E-state index contributed by atoms with van der Waals surface area (Å²) in [6.45, 7) is 0.746. The zero-order valence-corrected chi connectivity index (χ0v) is 15.4. The smallest absolute Gasteiger partial charge is 0.484 e. The van der Waals surface area contributed by atoms with E-state index in [0.717, 1.165) is 23.6 Å². The first kappa shape index (κ1) is 19.5. The Hall–Kier alpha value is -2.84. The number of nitrogens with one attached hydrogen (secondary N) is 1. The van der Waals surface area contributed by atoms with Gasteiger partial charge >= 0.3 is 10.1 Å². The lowest BCUT2D eigenvalue weighted by Crippen LogP contribution is -3.00. The van der Waals surface area contributed by atoms with Crippen LogP contribution in [0.5, 0.6) is 0 Å². The predicted octanol–water partition coefficient (Wildman–Crippen LogP) is 2.31. The molecule has 0 saturated heterocycles. The van der Waals surface area contributed by atoms with E-state index in [1.807, 2.05) is 42.5 Å². The molecule has 9 heteroatoms. The molecule has 134 valence electrons. The van der Waals surface area contributed by atoms with Gasteiger partial charge in [-0.25, -0.2) is 14.7 Å². The van der Waals surface area contributed by atoms with Crippen LogP contribution in [0.4, 0.5) is 21.5 Å². The van der Waals surface area contributed by atoms with Gasteiger partial charge in [0.2, 0.25) is 6.20 Å². The molecule has 7 nitrogen and oxygen atoms in total. The zero-order valence-electron chi connectivity index (χ0n) is 13.9. The number of nitro groups is 1. The molecule has 0 radical (unpaired) electrons. The molecule has 0 aliphatic heterocycles. The van der Waals surface area contributed by atoms with Gasteiger partial charge in [0.1, 0.15) is 11.3 Å². The number of thiazole rings is 1. The standard InChI is InChI=1S/C17H16N5O2S.ClH/c1-21-12-16(22(23)24)25-17(21)20-19-15-9-7-14(8-10-15)18-11-13-5-3-2-4-6-13;/h2-10,12,18H,11H2,1H3;1H/q+1;/p-1. The van der Waals surface area contributed by atoms with Crippen LogP contribution >= 0.6 is 11.3 Å². The van der Waals surface area contributed by atoms with Crippen LogP contribution in [0.1, 0.15) is 5.56 Å². The Morgan fingerprint density at radius 1 is 1.19 bits per heavy atom. The minimum absolute atomic E-state index is 0. The highest BCUT2D eigenvalue weighted by Crippen LogP contribution is 2.31. The summed E-state index contributed by atoms with van der Waals surface area (Å²) in [4.78, 5) is 10.3. The minimum Gasteiger partial charge on any atom is -1.00 e. The Balaban J connectivity index is 0.00000243. The first-order chi connectivity index (χ1) is 12.1. The predicted molar refractivity (Wildman–Crippen MR) is 98.7 cm³/mol. The van der Waals surface area contributed by atoms with Gasteiger partial charge in [0, 0.05) is 19.3 Å². The molecule has 1 heterocycles. The quantitative estimate of drug-likeness (QED) is 0.304. The molecular formula is C17H16ClN5O2S. The fourth-order valence-corrected chi connectivity index (χ4v) is 2.89. The van der Waals surface area contributed by atoms with E-state index in [4.69, 9.17) is 0 Å². The van der Waals surface area contributed by atoms with E-state index in [1.165, 1.54) is 11.8 Å². The number of aryl methyl sites for hydroxylation is 1. The molecule has 3 rings (SSSR count). The van der Waals surface area contributed by atoms with E-state index in [2.05, 4.69) is 27.7 Å². The summed E-state index contributed by atoms with van der Waals surface area (Å²) in [5.74, 6) is 0. The molecule has 0 aliphatic carbocycles. The maximum Gasteiger partial charge on any atom is 0.484 e. The molecule has 0 aliphatic rings. The van der Waals surface area contributed by atoms with Gasteiger partial charge in [0.05, 0.1) is 5.69 Å². The molecule has 3 aromatic rings. The molecule has 0 saturated carbocycles. The number of halogens is 1. The van der Waals surface area contributed by atoms with Gasteiger partial charge in [-0.3, -0.25) is 0 Å². The van der Waals surface area contributed by atoms with Crippen LogP contribution < -0.4 is 17.7 Å². The lowest BCUT2D eigenvalue weighted by Gasteiger charge is -2.06. The Morgan fingerprint density at radius 2 is 1.88 bits per heavy atom. The first-order valence-corrected chi connectivity index (χ1v) is 8.37. The largest absolute Gasteiger partial charge is 1.00 e. The molecule has 0 bridgehead atoms. The summed E-state index contributed by atoms with van der Waals surface area (Å²) in [5.41, 5.74) is 2.87. The number of anilines is 1. The number of nitrogens with zero attached hydrogens (tertiary/aromatic N) is 4. The lowest BCUT2D eigenvalue weighted by atomic mass is 10.2. The van der Waals surface area contributed by atoms with Gasteiger partial charge in [-0.05, 0) is 34.9 Å². The highest BCUT2D eigenvalue weighted by molar-refractivity contribution is 7.18. The van der Waals surface area contributed by atoms with Crippen molar-refractivity contribution in [2.75, 3.05) is 5.32 Å². The summed E-state index contributed by atoms with van der Waals surface area (Å²) in [6.07, 6.45) is 1.43. The average molecular weight is 390 g/mol. The van der Waals surface area contributed by atoms with E-state index in [-0.39, 0.29) is 17.4 Å². The Bertz CT molecular complexity index is 897. The number of rotatable bonds is 6. The molecule has 0 unspecified atom stereocenters. The van der Waals surface area contributed by atoms with E-state index in [0.29, 0.717) is 10.8 Å². The second-order valence-electron chi connectivity index (χ2n) is 5.31. The van der Waals surface area contributed by atoms with Crippen LogP contribution in [0, 0.1) is 10.1 Å². The molecule has 1 aromatic heterocycles. The summed E-state index contributed by atoms with van der Waals surface area (Å²) in [5, 5.41) is 22.8. The highest BCUT2D eigenvalue weighted by Gasteiger charge is 2.24. The molecular weight excluding hydrogens is 374 g/mol. The molecule has 0 atom stereocenters. The van der Waals surface area contributed by atoms with Gasteiger partial charge in [-0.2, -0.15) is 0 Å². The Kier molecular flexibility index (Phi) is 6.76. The van der Waals surface area contributed by atoms with Crippen LogP contribution in [-0.2, 0) is 13.6 Å². The molecule has 0 fully saturated rings. The maximum atomic E-state index is 10.8. The van der Waals surface area contributed by atoms with Crippen LogP contribution in [0.2, 0.25) is 0 Å². The average Bonchev–Trinajstić information content (AvgIpc) is 3.01. The third kappa shape index (κ3) is 5.08. The van der Waals surface area contributed by atoms with Crippen molar-refractivity contribution in [2.45, 2.75) is 6.54 Å². The van der Waals surface area contributed by atoms with Crippen LogP contribution in [0.25, 0.3) is 0 Å². The SMILES string of the molecule is Cn1cc([N+](=O)[O-])s[c+]1N=Nc1ccc(NCc2ccccc2)cc1.[Cl-]. The summed E-state index contributed by atoms with van der Waals surface area (Å²) in [7, 11) is 1.70. The van der Waals surface area contributed by atoms with Crippen LogP contribution in [0.15, 0.2) is 71.0 Å². The van der Waals surface area contributed by atoms with Crippen molar-refractivity contribution in [3.8, 4) is 0 Å². The first-order valence-electron chi connectivity index (χ1n) is 7.55. The van der Waals surface area contributed by atoms with Crippen molar-refractivity contribution >= 4 is 32.8 Å². The number of hydrogen-bond acceptors (Lipinski definition) is 6. The number of azo groups is 1. The van der Waals surface area contributed by atoms with Gasteiger partial charge in [-0.1, -0.05) is 30.3 Å². The minimum atomic E-state index is -0.434. The zero-order chi connectivity index (χ0) is 17.6. The third-order valence-corrected chi connectivity index (χ3v) is 4.46. The Morgan fingerprint density at radius 3 is 2.50 bits per heavy atom. The van der Waals surface area contributed by atoms with E-state index in [9.17, 15) is 10.1 Å². The van der Waals surface area contributed by atoms with Crippen molar-refractivity contribution in [3.05, 3.63) is 76.5 Å². The monoisotopic (exact) mass is 389 g/mol. The van der Waals surface area contributed by atoms with Crippen LogP contribution in [0.3, 0.4) is 0 Å². The van der Waals surface area contributed by atoms with Gasteiger partial charge in [0.15, 0.2) is 4.92 Å². The maximum absolute atomic E-state index is 10.8. The van der Waals surface area contributed by atoms with E-state index >= 15 is 0 Å². The number of hydrogen-bond donors (Lipinski definition) is 1. The van der Waals surface area contributed by atoms with E-state index in [1.54, 1.807) is 11.6 Å². The van der Waals surface area contributed by atoms with Crippen LogP contribution in [-0.4, -0.2) is 9.49 Å². The third-order valence-electron chi connectivity index (χ3n) is 3.44. The summed E-state index contributed by atoms with van der Waals surface area (Å²) < 4.78 is 1.59. The lowest BCUT2D eigenvalue weighted by molar-refractivity contribution is -0.380. The second-order valence-corrected chi connectivity index (χ2v) is 6.29. The number of benzene rings is 2. The topological polar surface area (TPSA) is 84.8 Å². The Labute approximate surface area is 160 Å². The second kappa shape index (κ2) is 9.02. The number of aromatic nitrogens is 1. The van der Waals surface area contributed by atoms with E-state index < -0.39 is 4.92 Å². The molecule has 1 N–H and O–H groups in total. The van der Waals surface area contributed by atoms with Crippen molar-refractivity contribution in [2.24, 2.45) is 17.3 Å². The van der Waals surface area contributed by atoms with Gasteiger partial charge in [0.25, 0.3) is 0 Å². The fraction of sp³-hybridized carbons (Fsp3) is 0.118. The highest BCUT2D eigenvalue weighted by atomic mass is 35.5. The van der Waals surface area contributed by atoms with Crippen molar-refractivity contribution < 1.29 is 17.3 Å². The van der Waals surface area contributed by atoms with Crippen molar-refractivity contribution in [3.63, 3.8) is 0 Å². The molecule has 2 aromatic carbocycles. The van der Waals surface area contributed by atoms with Crippen molar-refractivity contribution in [1.29, 1.82) is 0 Å². The van der Waals surface area contributed by atoms with Gasteiger partial charge < -0.3 is 17.7 Å². The summed E-state index contributed by atoms with van der Waals surface area (Å²) in [6, 6.07) is 17.7. The van der Waals surface area contributed by atoms with Crippen molar-refractivity contribution in [1.82, 2.24) is 4.57 Å².